The van der Waals surface area contributed by atoms with Gasteiger partial charge in [0.05, 0.1) is 23.3 Å². The van der Waals surface area contributed by atoms with E-state index in [1.165, 1.54) is 11.3 Å². The summed E-state index contributed by atoms with van der Waals surface area (Å²) in [6.45, 7) is 4.01. The van der Waals surface area contributed by atoms with Gasteiger partial charge in [0.1, 0.15) is 4.83 Å². The van der Waals surface area contributed by atoms with Crippen molar-refractivity contribution in [3.8, 4) is 0 Å². The number of methoxy groups -OCH3 is 1. The van der Waals surface area contributed by atoms with Crippen LogP contribution in [-0.4, -0.2) is 23.1 Å². The van der Waals surface area contributed by atoms with E-state index < -0.39 is 6.10 Å². The molecule has 1 amide bonds. The number of fused-ring (bicyclic) bond motifs is 1. The van der Waals surface area contributed by atoms with Crippen LogP contribution in [0.25, 0.3) is 10.2 Å². The van der Waals surface area contributed by atoms with Crippen LogP contribution < -0.4 is 5.32 Å². The predicted octanol–water partition coefficient (Wildman–Crippen LogP) is 4.06. The minimum absolute atomic E-state index is 0.217. The lowest BCUT2D eigenvalue weighted by atomic mass is 10.1. The molecule has 0 aliphatic rings. The number of carbonyl (C=O) groups is 1. The Morgan fingerprint density at radius 2 is 2.08 bits per heavy atom. The van der Waals surface area contributed by atoms with Crippen LogP contribution in [0, 0.1) is 6.92 Å². The summed E-state index contributed by atoms with van der Waals surface area (Å²) in [5.41, 5.74) is 2.99. The minimum atomic E-state index is -0.707. The zero-order chi connectivity index (χ0) is 18.0. The molecule has 3 aromatic rings. The fourth-order valence-electron chi connectivity index (χ4n) is 2.79. The van der Waals surface area contributed by atoms with E-state index in [4.69, 9.17) is 4.74 Å². The molecule has 6 heteroatoms. The molecule has 3 rings (SSSR count). The Kier molecular flexibility index (Phi) is 5.13. The number of hydrogen-bond donors (Lipinski definition) is 2. The standard InChI is InChI=1S/C19H20N2O3S/c1-11-9-14(10-24-3)15-16(17(12(2)22)25-19(15)20-11)21-18(23)13-7-5-4-6-8-13/h4-9,12,22H,10H2,1-3H3,(H,21,23)/t12-/m0/s1. The highest BCUT2D eigenvalue weighted by Gasteiger charge is 2.22. The molecule has 130 valence electrons. The Labute approximate surface area is 150 Å². The van der Waals surface area contributed by atoms with E-state index in [9.17, 15) is 9.90 Å². The molecule has 0 saturated heterocycles. The van der Waals surface area contributed by atoms with Gasteiger partial charge in [-0.25, -0.2) is 4.98 Å². The van der Waals surface area contributed by atoms with Gasteiger partial charge < -0.3 is 15.2 Å². The van der Waals surface area contributed by atoms with Crippen LogP contribution in [-0.2, 0) is 11.3 Å². The van der Waals surface area contributed by atoms with Gasteiger partial charge in [0.25, 0.3) is 5.91 Å². The van der Waals surface area contributed by atoms with E-state index in [1.807, 2.05) is 31.2 Å². The number of benzene rings is 1. The first-order valence-electron chi connectivity index (χ1n) is 7.97. The zero-order valence-corrected chi connectivity index (χ0v) is 15.2. The van der Waals surface area contributed by atoms with E-state index in [0.717, 1.165) is 21.5 Å². The average molecular weight is 356 g/mol. The first-order chi connectivity index (χ1) is 12.0. The summed E-state index contributed by atoms with van der Waals surface area (Å²) in [6, 6.07) is 11.0. The Balaban J connectivity index is 2.14. The van der Waals surface area contributed by atoms with Gasteiger partial charge in [-0.15, -0.1) is 11.3 Å². The Morgan fingerprint density at radius 1 is 1.36 bits per heavy atom. The van der Waals surface area contributed by atoms with Crippen molar-refractivity contribution in [2.24, 2.45) is 0 Å². The molecule has 0 spiro atoms. The number of anilines is 1. The van der Waals surface area contributed by atoms with Crippen molar-refractivity contribution in [1.82, 2.24) is 4.98 Å². The summed E-state index contributed by atoms with van der Waals surface area (Å²) in [7, 11) is 1.63. The van der Waals surface area contributed by atoms with Gasteiger partial charge in [-0.3, -0.25) is 4.79 Å². The van der Waals surface area contributed by atoms with Gasteiger partial charge in [0.2, 0.25) is 0 Å². The van der Waals surface area contributed by atoms with Crippen LogP contribution in [0.3, 0.4) is 0 Å². The molecule has 0 fully saturated rings. The summed E-state index contributed by atoms with van der Waals surface area (Å²) in [6.07, 6.45) is -0.707. The fraction of sp³-hybridized carbons (Fsp3) is 0.263. The molecule has 5 nitrogen and oxygen atoms in total. The number of thiophene rings is 1. The van der Waals surface area contributed by atoms with Crippen LogP contribution in [0.2, 0.25) is 0 Å². The Morgan fingerprint density at radius 3 is 2.72 bits per heavy atom. The molecule has 1 aromatic carbocycles. The second-order valence-electron chi connectivity index (χ2n) is 5.87. The maximum Gasteiger partial charge on any atom is 0.255 e. The van der Waals surface area contributed by atoms with Crippen LogP contribution in [0.15, 0.2) is 36.4 Å². The number of rotatable bonds is 5. The molecule has 2 heterocycles. The number of hydrogen-bond acceptors (Lipinski definition) is 5. The van der Waals surface area contributed by atoms with E-state index in [1.54, 1.807) is 26.2 Å². The second-order valence-corrected chi connectivity index (χ2v) is 6.90. The van der Waals surface area contributed by atoms with Crippen LogP contribution in [0.1, 0.15) is 39.5 Å². The van der Waals surface area contributed by atoms with E-state index in [0.29, 0.717) is 22.7 Å². The number of ether oxygens (including phenoxy) is 1. The maximum absolute atomic E-state index is 12.6. The molecule has 0 unspecified atom stereocenters. The molecule has 0 radical (unpaired) electrons. The molecule has 25 heavy (non-hydrogen) atoms. The lowest BCUT2D eigenvalue weighted by molar-refractivity contribution is 0.102. The predicted molar refractivity (Wildman–Crippen MR) is 100 cm³/mol. The van der Waals surface area contributed by atoms with Gasteiger partial charge in [-0.05, 0) is 37.6 Å². The topological polar surface area (TPSA) is 71.5 Å². The molecule has 2 aromatic heterocycles. The van der Waals surface area contributed by atoms with Crippen molar-refractivity contribution in [1.29, 1.82) is 0 Å². The first kappa shape index (κ1) is 17.5. The number of nitrogens with one attached hydrogen (secondary N) is 1. The van der Waals surface area contributed by atoms with E-state index >= 15 is 0 Å². The molecule has 0 saturated carbocycles. The number of amides is 1. The molecule has 1 atom stereocenters. The molecule has 0 aliphatic carbocycles. The van der Waals surface area contributed by atoms with Crippen molar-refractivity contribution in [3.05, 3.63) is 58.1 Å². The van der Waals surface area contributed by atoms with Crippen LogP contribution >= 0.6 is 11.3 Å². The average Bonchev–Trinajstić information content (AvgIpc) is 2.94. The molecular weight excluding hydrogens is 336 g/mol. The minimum Gasteiger partial charge on any atom is -0.388 e. The van der Waals surface area contributed by atoms with Gasteiger partial charge >= 0.3 is 0 Å². The number of aromatic nitrogens is 1. The first-order valence-corrected chi connectivity index (χ1v) is 8.79. The van der Waals surface area contributed by atoms with Crippen LogP contribution in [0.4, 0.5) is 5.69 Å². The Hall–Kier alpha value is -2.28. The summed E-state index contributed by atoms with van der Waals surface area (Å²) in [5, 5.41) is 14.0. The number of aliphatic hydroxyl groups is 1. The zero-order valence-electron chi connectivity index (χ0n) is 14.4. The normalized spacial score (nSPS) is 12.3. The third kappa shape index (κ3) is 3.56. The van der Waals surface area contributed by atoms with Gasteiger partial charge in [0.15, 0.2) is 0 Å². The Bertz CT molecular complexity index is 904. The fourth-order valence-corrected chi connectivity index (χ4v) is 3.95. The molecule has 0 aliphatic heterocycles. The number of nitrogens with zero attached hydrogens (tertiary/aromatic N) is 1. The number of aryl methyl sites for hydroxylation is 1. The SMILES string of the molecule is COCc1cc(C)nc2sc([C@H](C)O)c(NC(=O)c3ccccc3)c12. The lowest BCUT2D eigenvalue weighted by Crippen LogP contribution is -2.13. The van der Waals surface area contributed by atoms with Crippen molar-refractivity contribution < 1.29 is 14.6 Å². The van der Waals surface area contributed by atoms with Gasteiger partial charge in [0, 0.05) is 23.8 Å². The smallest absolute Gasteiger partial charge is 0.255 e. The molecule has 2 N–H and O–H groups in total. The van der Waals surface area contributed by atoms with E-state index in [2.05, 4.69) is 10.3 Å². The van der Waals surface area contributed by atoms with Crippen molar-refractivity contribution >= 4 is 33.1 Å². The van der Waals surface area contributed by atoms with Gasteiger partial charge in [-0.1, -0.05) is 18.2 Å². The summed E-state index contributed by atoms with van der Waals surface area (Å²) < 4.78 is 5.31. The van der Waals surface area contributed by atoms with E-state index in [-0.39, 0.29) is 5.91 Å². The van der Waals surface area contributed by atoms with Crippen molar-refractivity contribution in [2.75, 3.05) is 12.4 Å². The van der Waals surface area contributed by atoms with Crippen LogP contribution in [0.5, 0.6) is 0 Å². The highest BCUT2D eigenvalue weighted by atomic mass is 32.1. The third-order valence-electron chi connectivity index (χ3n) is 3.85. The number of pyridine rings is 1. The summed E-state index contributed by atoms with van der Waals surface area (Å²) in [4.78, 5) is 18.7. The number of carbonyl (C=O) groups excluding carboxylic acids is 1. The van der Waals surface area contributed by atoms with Crippen molar-refractivity contribution in [3.63, 3.8) is 0 Å². The van der Waals surface area contributed by atoms with Gasteiger partial charge in [-0.2, -0.15) is 0 Å². The maximum atomic E-state index is 12.6. The largest absolute Gasteiger partial charge is 0.388 e. The number of aliphatic hydroxyl groups excluding tert-OH is 1. The highest BCUT2D eigenvalue weighted by molar-refractivity contribution is 7.19. The summed E-state index contributed by atoms with van der Waals surface area (Å²) >= 11 is 1.39. The highest BCUT2D eigenvalue weighted by Crippen LogP contribution is 2.41. The van der Waals surface area contributed by atoms with Crippen molar-refractivity contribution in [2.45, 2.75) is 26.6 Å². The molecular formula is C19H20N2O3S. The second kappa shape index (κ2) is 7.31. The quantitative estimate of drug-likeness (QED) is 0.723. The molecule has 0 bridgehead atoms. The lowest BCUT2D eigenvalue weighted by Gasteiger charge is -2.11. The monoisotopic (exact) mass is 356 g/mol. The summed E-state index contributed by atoms with van der Waals surface area (Å²) in [5.74, 6) is -0.217. The third-order valence-corrected chi connectivity index (χ3v) is 5.11.